The highest BCUT2D eigenvalue weighted by Crippen LogP contribution is 2.29. The summed E-state index contributed by atoms with van der Waals surface area (Å²) >= 11 is 0. The van der Waals surface area contributed by atoms with Crippen LogP contribution in [-0.2, 0) is 4.74 Å². The van der Waals surface area contributed by atoms with Crippen molar-refractivity contribution in [3.63, 3.8) is 0 Å². The predicted octanol–water partition coefficient (Wildman–Crippen LogP) is 3.59. The van der Waals surface area contributed by atoms with Crippen molar-refractivity contribution >= 4 is 5.69 Å². The van der Waals surface area contributed by atoms with E-state index in [1.807, 2.05) is 30.3 Å². The summed E-state index contributed by atoms with van der Waals surface area (Å²) in [5.74, 6) is 0.842. The molecule has 0 saturated heterocycles. The maximum Gasteiger partial charge on any atom is 0.142 e. The van der Waals surface area contributed by atoms with E-state index in [2.05, 4.69) is 30.2 Å². The van der Waals surface area contributed by atoms with Crippen LogP contribution in [0.2, 0.25) is 0 Å². The van der Waals surface area contributed by atoms with Gasteiger partial charge in [0.2, 0.25) is 0 Å². The van der Waals surface area contributed by atoms with Gasteiger partial charge in [-0.3, -0.25) is 4.98 Å². The van der Waals surface area contributed by atoms with Gasteiger partial charge in [-0.1, -0.05) is 12.1 Å². The van der Waals surface area contributed by atoms with Gasteiger partial charge < -0.3 is 14.8 Å². The molecule has 0 aliphatic rings. The Labute approximate surface area is 126 Å². The molecule has 4 nitrogen and oxygen atoms in total. The van der Waals surface area contributed by atoms with E-state index < -0.39 is 0 Å². The average molecular weight is 286 g/mol. The van der Waals surface area contributed by atoms with Gasteiger partial charge in [-0.05, 0) is 43.7 Å². The Morgan fingerprint density at radius 1 is 1.19 bits per heavy atom. The second-order valence-corrected chi connectivity index (χ2v) is 4.96. The molecule has 0 bridgehead atoms. The van der Waals surface area contributed by atoms with Gasteiger partial charge in [-0.2, -0.15) is 0 Å². The minimum atomic E-state index is 0.110. The first-order chi connectivity index (χ1) is 10.2. The summed E-state index contributed by atoms with van der Waals surface area (Å²) in [7, 11) is 1.67. The molecule has 1 heterocycles. The fourth-order valence-corrected chi connectivity index (χ4v) is 2.04. The van der Waals surface area contributed by atoms with Gasteiger partial charge in [0.1, 0.15) is 12.4 Å². The predicted molar refractivity (Wildman–Crippen MR) is 84.8 cm³/mol. The topological polar surface area (TPSA) is 43.4 Å². The normalized spacial score (nSPS) is 12.0. The summed E-state index contributed by atoms with van der Waals surface area (Å²) in [5, 5.41) is 3.45. The molecular weight excluding hydrogens is 264 g/mol. The van der Waals surface area contributed by atoms with Gasteiger partial charge in [0.15, 0.2) is 0 Å². The summed E-state index contributed by atoms with van der Waals surface area (Å²) in [4.78, 5) is 4.37. The Kier molecular flexibility index (Phi) is 5.58. The Morgan fingerprint density at radius 2 is 2.05 bits per heavy atom. The van der Waals surface area contributed by atoms with Gasteiger partial charge >= 0.3 is 0 Å². The van der Waals surface area contributed by atoms with Crippen molar-refractivity contribution in [2.24, 2.45) is 0 Å². The van der Waals surface area contributed by atoms with Crippen molar-refractivity contribution < 1.29 is 9.47 Å². The molecule has 1 aromatic heterocycles. The van der Waals surface area contributed by atoms with Crippen LogP contribution in [-0.4, -0.2) is 25.3 Å². The number of hydrogen-bond acceptors (Lipinski definition) is 4. The van der Waals surface area contributed by atoms with Gasteiger partial charge in [0.05, 0.1) is 24.0 Å². The van der Waals surface area contributed by atoms with Crippen LogP contribution >= 0.6 is 0 Å². The van der Waals surface area contributed by atoms with E-state index in [4.69, 9.17) is 9.47 Å². The van der Waals surface area contributed by atoms with E-state index in [0.29, 0.717) is 13.2 Å². The molecule has 0 radical (unpaired) electrons. The zero-order valence-electron chi connectivity index (χ0n) is 12.8. The molecule has 1 unspecified atom stereocenters. The van der Waals surface area contributed by atoms with Crippen LogP contribution in [0.25, 0.3) is 0 Å². The van der Waals surface area contributed by atoms with Crippen LogP contribution in [0.5, 0.6) is 5.75 Å². The fourth-order valence-electron chi connectivity index (χ4n) is 2.04. The van der Waals surface area contributed by atoms with Crippen molar-refractivity contribution in [3.05, 3.63) is 53.9 Å². The van der Waals surface area contributed by atoms with Gasteiger partial charge in [0, 0.05) is 13.3 Å². The molecule has 0 fully saturated rings. The first-order valence-electron chi connectivity index (χ1n) is 7.10. The second-order valence-electron chi connectivity index (χ2n) is 4.96. The minimum Gasteiger partial charge on any atom is -0.489 e. The summed E-state index contributed by atoms with van der Waals surface area (Å²) in [6.45, 7) is 5.24. The number of benzene rings is 1. The highest BCUT2D eigenvalue weighted by atomic mass is 16.5. The lowest BCUT2D eigenvalue weighted by Crippen LogP contribution is -2.11. The summed E-state index contributed by atoms with van der Waals surface area (Å²) in [6.07, 6.45) is 1.80. The standard InChI is InChI=1S/C17H22N2O2/c1-13-7-8-16(17(12-13)21-11-10-20-3)19-14(2)15-6-4-5-9-18-15/h4-9,12,14,19H,10-11H2,1-3H3. The van der Waals surface area contributed by atoms with Crippen molar-refractivity contribution in [1.29, 1.82) is 0 Å². The summed E-state index contributed by atoms with van der Waals surface area (Å²) < 4.78 is 10.8. The van der Waals surface area contributed by atoms with E-state index in [1.54, 1.807) is 13.3 Å². The number of nitrogens with one attached hydrogen (secondary N) is 1. The smallest absolute Gasteiger partial charge is 0.142 e. The zero-order valence-corrected chi connectivity index (χ0v) is 12.8. The number of hydrogen-bond donors (Lipinski definition) is 1. The van der Waals surface area contributed by atoms with Crippen LogP contribution < -0.4 is 10.1 Å². The minimum absolute atomic E-state index is 0.110. The Morgan fingerprint density at radius 3 is 2.76 bits per heavy atom. The number of methoxy groups -OCH3 is 1. The molecule has 2 rings (SSSR count). The first-order valence-corrected chi connectivity index (χ1v) is 7.10. The molecule has 1 atom stereocenters. The molecular formula is C17H22N2O2. The molecule has 0 aliphatic heterocycles. The van der Waals surface area contributed by atoms with Crippen LogP contribution in [0.3, 0.4) is 0 Å². The number of aromatic nitrogens is 1. The number of ether oxygens (including phenoxy) is 2. The quantitative estimate of drug-likeness (QED) is 0.790. The first kappa shape index (κ1) is 15.3. The lowest BCUT2D eigenvalue weighted by molar-refractivity contribution is 0.146. The molecule has 2 aromatic rings. The van der Waals surface area contributed by atoms with Gasteiger partial charge in [-0.25, -0.2) is 0 Å². The lowest BCUT2D eigenvalue weighted by Gasteiger charge is -2.18. The van der Waals surface area contributed by atoms with E-state index in [9.17, 15) is 0 Å². The van der Waals surface area contributed by atoms with Crippen molar-refractivity contribution in [2.75, 3.05) is 25.6 Å². The maximum absolute atomic E-state index is 5.79. The summed E-state index contributed by atoms with van der Waals surface area (Å²) in [6, 6.07) is 12.2. The third kappa shape index (κ3) is 4.46. The Hall–Kier alpha value is -2.07. The SMILES string of the molecule is COCCOc1cc(C)ccc1NC(C)c1ccccn1. The van der Waals surface area contributed by atoms with E-state index in [0.717, 1.165) is 17.1 Å². The number of anilines is 1. The van der Waals surface area contributed by atoms with Crippen molar-refractivity contribution in [1.82, 2.24) is 4.98 Å². The third-order valence-electron chi connectivity index (χ3n) is 3.19. The number of rotatable bonds is 7. The highest BCUT2D eigenvalue weighted by Gasteiger charge is 2.10. The summed E-state index contributed by atoms with van der Waals surface area (Å²) in [5.41, 5.74) is 3.13. The molecule has 0 spiro atoms. The Balaban J connectivity index is 2.11. The molecule has 112 valence electrons. The van der Waals surface area contributed by atoms with Crippen molar-refractivity contribution in [2.45, 2.75) is 19.9 Å². The largest absolute Gasteiger partial charge is 0.489 e. The van der Waals surface area contributed by atoms with E-state index in [-0.39, 0.29) is 6.04 Å². The van der Waals surface area contributed by atoms with Crippen LogP contribution in [0.15, 0.2) is 42.6 Å². The fraction of sp³-hybridized carbons (Fsp3) is 0.353. The number of pyridine rings is 1. The maximum atomic E-state index is 5.79. The molecule has 0 aliphatic carbocycles. The number of aryl methyl sites for hydroxylation is 1. The van der Waals surface area contributed by atoms with Crippen LogP contribution in [0.4, 0.5) is 5.69 Å². The van der Waals surface area contributed by atoms with Gasteiger partial charge in [0.25, 0.3) is 0 Å². The lowest BCUT2D eigenvalue weighted by atomic mass is 10.1. The monoisotopic (exact) mass is 286 g/mol. The van der Waals surface area contributed by atoms with Gasteiger partial charge in [-0.15, -0.1) is 0 Å². The third-order valence-corrected chi connectivity index (χ3v) is 3.19. The van der Waals surface area contributed by atoms with E-state index >= 15 is 0 Å². The molecule has 1 aromatic carbocycles. The van der Waals surface area contributed by atoms with Crippen LogP contribution in [0.1, 0.15) is 24.2 Å². The number of nitrogens with zero attached hydrogens (tertiary/aromatic N) is 1. The molecule has 0 amide bonds. The van der Waals surface area contributed by atoms with E-state index in [1.165, 1.54) is 5.56 Å². The molecule has 4 heteroatoms. The molecule has 1 N–H and O–H groups in total. The molecule has 0 saturated carbocycles. The molecule has 21 heavy (non-hydrogen) atoms. The van der Waals surface area contributed by atoms with Crippen molar-refractivity contribution in [3.8, 4) is 5.75 Å². The average Bonchev–Trinajstić information content (AvgIpc) is 2.51. The Bertz CT molecular complexity index is 558. The highest BCUT2D eigenvalue weighted by molar-refractivity contribution is 5.58. The second kappa shape index (κ2) is 7.64. The van der Waals surface area contributed by atoms with Crippen LogP contribution in [0, 0.1) is 6.92 Å². The zero-order chi connectivity index (χ0) is 15.1.